The van der Waals surface area contributed by atoms with Gasteiger partial charge in [-0.3, -0.25) is 9.59 Å². The maximum atomic E-state index is 13.1. The molecule has 0 bridgehead atoms. The van der Waals surface area contributed by atoms with Crippen molar-refractivity contribution in [3.05, 3.63) is 76.5 Å². The van der Waals surface area contributed by atoms with Crippen LogP contribution in [-0.2, 0) is 0 Å². The highest BCUT2D eigenvalue weighted by Crippen LogP contribution is 2.35. The van der Waals surface area contributed by atoms with E-state index in [1.54, 1.807) is 18.2 Å². The molecule has 8 nitrogen and oxygen atoms in total. The highest BCUT2D eigenvalue weighted by Gasteiger charge is 2.22. The fourth-order valence-electron chi connectivity index (χ4n) is 3.02. The van der Waals surface area contributed by atoms with E-state index in [0.717, 1.165) is 0 Å². The van der Waals surface area contributed by atoms with Gasteiger partial charge in [-0.1, -0.05) is 18.2 Å². The zero-order chi connectivity index (χ0) is 21.4. The number of fused-ring (bicyclic) bond motifs is 1. The Labute approximate surface area is 168 Å². The summed E-state index contributed by atoms with van der Waals surface area (Å²) in [5, 5.41) is 41.7. The molecule has 0 saturated heterocycles. The molecule has 0 atom stereocenters. The number of phenols is 4. The molecule has 0 unspecified atom stereocenters. The third-order valence-corrected chi connectivity index (χ3v) is 4.53. The summed E-state index contributed by atoms with van der Waals surface area (Å²) in [6.07, 6.45) is 0. The van der Waals surface area contributed by atoms with Crippen molar-refractivity contribution in [2.75, 3.05) is 5.32 Å². The molecule has 0 fully saturated rings. The lowest BCUT2D eigenvalue weighted by atomic mass is 10.1. The van der Waals surface area contributed by atoms with Gasteiger partial charge in [-0.2, -0.15) is 0 Å². The normalized spacial score (nSPS) is 10.8. The van der Waals surface area contributed by atoms with Gasteiger partial charge in [0.05, 0.1) is 10.9 Å². The van der Waals surface area contributed by atoms with Gasteiger partial charge in [0.2, 0.25) is 5.43 Å². The number of carbonyl (C=O) groups excluding carboxylic acids is 1. The van der Waals surface area contributed by atoms with Gasteiger partial charge in [0.15, 0.2) is 28.8 Å². The summed E-state index contributed by atoms with van der Waals surface area (Å²) in [6, 6.07) is 14.1. The minimum atomic E-state index is -0.852. The Bertz CT molecular complexity index is 1360. The molecule has 0 radical (unpaired) electrons. The van der Waals surface area contributed by atoms with E-state index >= 15 is 0 Å². The van der Waals surface area contributed by atoms with Gasteiger partial charge in [0, 0.05) is 5.56 Å². The highest BCUT2D eigenvalue weighted by molar-refractivity contribution is 6.08. The number of carbonyl (C=O) groups is 1. The van der Waals surface area contributed by atoms with E-state index in [1.807, 2.05) is 0 Å². The Hall–Kier alpha value is -4.46. The monoisotopic (exact) mass is 405 g/mol. The Morgan fingerprint density at radius 2 is 1.60 bits per heavy atom. The van der Waals surface area contributed by atoms with E-state index in [9.17, 15) is 30.0 Å². The zero-order valence-corrected chi connectivity index (χ0v) is 15.3. The van der Waals surface area contributed by atoms with Gasteiger partial charge in [-0.15, -0.1) is 0 Å². The predicted octanol–water partition coefficient (Wildman–Crippen LogP) is 3.53. The largest absolute Gasteiger partial charge is 0.504 e. The second-order valence-electron chi connectivity index (χ2n) is 6.46. The van der Waals surface area contributed by atoms with Gasteiger partial charge in [-0.25, -0.2) is 0 Å². The van der Waals surface area contributed by atoms with E-state index < -0.39 is 28.6 Å². The average Bonchev–Trinajstić information content (AvgIpc) is 2.74. The second-order valence-corrected chi connectivity index (χ2v) is 6.46. The SMILES string of the molecule is O=C(Nc1c(-c2ccc(O)c(O)c2)oc2ccccc2c1=O)c1cccc(O)c1O. The van der Waals surface area contributed by atoms with E-state index in [-0.39, 0.29) is 39.3 Å². The quantitative estimate of drug-likeness (QED) is 0.328. The first-order valence-electron chi connectivity index (χ1n) is 8.77. The lowest BCUT2D eigenvalue weighted by Crippen LogP contribution is -2.19. The van der Waals surface area contributed by atoms with E-state index in [2.05, 4.69) is 5.32 Å². The molecule has 0 aliphatic rings. The molecule has 150 valence electrons. The Morgan fingerprint density at radius 3 is 2.37 bits per heavy atom. The molecule has 8 heteroatoms. The zero-order valence-electron chi connectivity index (χ0n) is 15.3. The lowest BCUT2D eigenvalue weighted by Gasteiger charge is -2.13. The van der Waals surface area contributed by atoms with Crippen LogP contribution < -0.4 is 10.7 Å². The molecule has 4 rings (SSSR count). The van der Waals surface area contributed by atoms with Crippen LogP contribution in [0, 0.1) is 0 Å². The topological polar surface area (TPSA) is 140 Å². The number of phenolic OH excluding ortho intramolecular Hbond substituents is 4. The van der Waals surface area contributed by atoms with Crippen molar-refractivity contribution in [2.45, 2.75) is 0 Å². The maximum absolute atomic E-state index is 13.1. The summed E-state index contributed by atoms with van der Waals surface area (Å²) in [5.74, 6) is -2.83. The van der Waals surface area contributed by atoms with Crippen molar-refractivity contribution in [2.24, 2.45) is 0 Å². The summed E-state index contributed by atoms with van der Waals surface area (Å²) in [4.78, 5) is 25.8. The smallest absolute Gasteiger partial charge is 0.259 e. The molecule has 1 amide bonds. The summed E-state index contributed by atoms with van der Waals surface area (Å²) < 4.78 is 5.83. The molecule has 1 aromatic heterocycles. The van der Waals surface area contributed by atoms with Crippen molar-refractivity contribution in [1.29, 1.82) is 0 Å². The fraction of sp³-hybridized carbons (Fsp3) is 0. The number of amides is 1. The number of anilines is 1. The molecular formula is C22H15NO7. The molecular weight excluding hydrogens is 390 g/mol. The Morgan fingerprint density at radius 1 is 0.833 bits per heavy atom. The van der Waals surface area contributed by atoms with Crippen LogP contribution in [0.25, 0.3) is 22.3 Å². The molecule has 0 aliphatic heterocycles. The minimum absolute atomic E-state index is 0.0537. The molecule has 0 aliphatic carbocycles. The van der Waals surface area contributed by atoms with E-state index in [1.165, 1.54) is 42.5 Å². The van der Waals surface area contributed by atoms with Gasteiger partial charge in [0.1, 0.15) is 11.3 Å². The number of nitrogens with one attached hydrogen (secondary N) is 1. The first-order chi connectivity index (χ1) is 14.4. The van der Waals surface area contributed by atoms with Gasteiger partial charge >= 0.3 is 0 Å². The van der Waals surface area contributed by atoms with Crippen LogP contribution in [0.5, 0.6) is 23.0 Å². The molecule has 4 aromatic rings. The summed E-state index contributed by atoms with van der Waals surface area (Å²) >= 11 is 0. The van der Waals surface area contributed by atoms with Crippen LogP contribution in [0.15, 0.2) is 69.9 Å². The average molecular weight is 405 g/mol. The standard InChI is InChI=1S/C22H15NO7/c24-14-9-8-11(10-16(14)26)21-18(20(28)12-4-1-2-7-17(12)30-21)23-22(29)13-5-3-6-15(25)19(13)27/h1-10,24-27H,(H,23,29). The Kier molecular flexibility index (Phi) is 4.51. The van der Waals surface area contributed by atoms with Crippen molar-refractivity contribution >= 4 is 22.6 Å². The first kappa shape index (κ1) is 18.9. The van der Waals surface area contributed by atoms with Gasteiger partial charge in [-0.05, 0) is 42.5 Å². The Balaban J connectivity index is 1.92. The predicted molar refractivity (Wildman–Crippen MR) is 109 cm³/mol. The molecule has 3 aromatic carbocycles. The third-order valence-electron chi connectivity index (χ3n) is 4.53. The lowest BCUT2D eigenvalue weighted by molar-refractivity contribution is 0.102. The van der Waals surface area contributed by atoms with Crippen molar-refractivity contribution in [3.63, 3.8) is 0 Å². The first-order valence-corrected chi connectivity index (χ1v) is 8.77. The number of hydrogen-bond acceptors (Lipinski definition) is 7. The van der Waals surface area contributed by atoms with Crippen LogP contribution in [0.3, 0.4) is 0 Å². The van der Waals surface area contributed by atoms with Crippen molar-refractivity contribution < 1.29 is 29.6 Å². The summed E-state index contributed by atoms with van der Waals surface area (Å²) in [6.45, 7) is 0. The van der Waals surface area contributed by atoms with E-state index in [0.29, 0.717) is 0 Å². The van der Waals surface area contributed by atoms with Crippen molar-refractivity contribution in [3.8, 4) is 34.3 Å². The molecule has 1 heterocycles. The highest BCUT2D eigenvalue weighted by atomic mass is 16.3. The molecule has 0 spiro atoms. The van der Waals surface area contributed by atoms with Crippen LogP contribution in [0.1, 0.15) is 10.4 Å². The maximum Gasteiger partial charge on any atom is 0.259 e. The fourth-order valence-corrected chi connectivity index (χ4v) is 3.02. The van der Waals surface area contributed by atoms with Gasteiger partial charge in [0.25, 0.3) is 5.91 Å². The minimum Gasteiger partial charge on any atom is -0.504 e. The van der Waals surface area contributed by atoms with Crippen LogP contribution in [0.4, 0.5) is 5.69 Å². The summed E-state index contributed by atoms with van der Waals surface area (Å²) in [7, 11) is 0. The van der Waals surface area contributed by atoms with Gasteiger partial charge < -0.3 is 30.2 Å². The van der Waals surface area contributed by atoms with E-state index in [4.69, 9.17) is 4.42 Å². The molecule has 30 heavy (non-hydrogen) atoms. The summed E-state index contributed by atoms with van der Waals surface area (Å²) in [5.41, 5.74) is -0.548. The molecule has 5 N–H and O–H groups in total. The number of rotatable bonds is 3. The number of aromatic hydroxyl groups is 4. The molecule has 0 saturated carbocycles. The van der Waals surface area contributed by atoms with Crippen LogP contribution in [0.2, 0.25) is 0 Å². The number of benzene rings is 3. The number of hydrogen-bond donors (Lipinski definition) is 5. The van der Waals surface area contributed by atoms with Crippen LogP contribution in [-0.4, -0.2) is 26.3 Å². The van der Waals surface area contributed by atoms with Crippen molar-refractivity contribution in [1.82, 2.24) is 0 Å². The number of para-hydroxylation sites is 2. The van der Waals surface area contributed by atoms with Crippen LogP contribution >= 0.6 is 0 Å². The second kappa shape index (κ2) is 7.17. The third kappa shape index (κ3) is 3.16.